The monoisotopic (exact) mass is 291 g/mol. The minimum atomic E-state index is -0.505. The molecule has 0 aliphatic rings. The number of carbonyl (C=O) groups excluding carboxylic acids is 1. The number of nitrogens with one attached hydrogen (secondary N) is 1. The van der Waals surface area contributed by atoms with Gasteiger partial charge in [-0.05, 0) is 25.2 Å². The van der Waals surface area contributed by atoms with Crippen molar-refractivity contribution in [1.29, 1.82) is 0 Å². The Kier molecular flexibility index (Phi) is 5.16. The lowest BCUT2D eigenvalue weighted by atomic mass is 10.3. The Morgan fingerprint density at radius 2 is 2.00 bits per heavy atom. The maximum atomic E-state index is 11.9. The first kappa shape index (κ1) is 15.3. The SMILES string of the molecule is CCN(CC)CCNC(=O)Cn1c(=O)oc2ccccc21. The zero-order valence-electron chi connectivity index (χ0n) is 12.5. The fraction of sp³-hybridized carbons (Fsp3) is 0.467. The van der Waals surface area contributed by atoms with E-state index in [2.05, 4.69) is 24.1 Å². The van der Waals surface area contributed by atoms with Crippen LogP contribution in [0.2, 0.25) is 0 Å². The molecule has 0 fully saturated rings. The van der Waals surface area contributed by atoms with Crippen LogP contribution in [0.1, 0.15) is 13.8 Å². The Labute approximate surface area is 123 Å². The van der Waals surface area contributed by atoms with E-state index in [9.17, 15) is 9.59 Å². The van der Waals surface area contributed by atoms with Crippen molar-refractivity contribution in [2.45, 2.75) is 20.4 Å². The van der Waals surface area contributed by atoms with Crippen LogP contribution < -0.4 is 11.1 Å². The maximum Gasteiger partial charge on any atom is 0.420 e. The molecule has 1 N–H and O–H groups in total. The minimum Gasteiger partial charge on any atom is -0.408 e. The lowest BCUT2D eigenvalue weighted by Gasteiger charge is -2.17. The predicted molar refractivity (Wildman–Crippen MR) is 81.3 cm³/mol. The molecule has 2 aromatic rings. The number of oxazole rings is 1. The molecule has 0 bridgehead atoms. The zero-order valence-corrected chi connectivity index (χ0v) is 12.5. The Bertz CT molecular complexity index is 655. The fourth-order valence-electron chi connectivity index (χ4n) is 2.26. The number of benzene rings is 1. The molecule has 0 aliphatic heterocycles. The van der Waals surface area contributed by atoms with Crippen molar-refractivity contribution >= 4 is 17.0 Å². The van der Waals surface area contributed by atoms with Crippen molar-refractivity contribution in [3.63, 3.8) is 0 Å². The maximum absolute atomic E-state index is 11.9. The highest BCUT2D eigenvalue weighted by molar-refractivity contribution is 5.79. The second kappa shape index (κ2) is 7.08. The number of hydrogen-bond acceptors (Lipinski definition) is 4. The number of fused-ring (bicyclic) bond motifs is 1. The van der Waals surface area contributed by atoms with Crippen molar-refractivity contribution in [3.05, 3.63) is 34.8 Å². The van der Waals surface area contributed by atoms with Gasteiger partial charge in [-0.1, -0.05) is 26.0 Å². The lowest BCUT2D eigenvalue weighted by molar-refractivity contribution is -0.121. The molecule has 0 radical (unpaired) electrons. The molecule has 21 heavy (non-hydrogen) atoms. The molecule has 2 rings (SSSR count). The first-order valence-electron chi connectivity index (χ1n) is 7.23. The van der Waals surface area contributed by atoms with Crippen molar-refractivity contribution in [2.24, 2.45) is 0 Å². The van der Waals surface area contributed by atoms with Crippen LogP contribution in [0.25, 0.3) is 11.1 Å². The summed E-state index contributed by atoms with van der Waals surface area (Å²) in [6.45, 7) is 7.44. The molecule has 0 aliphatic carbocycles. The number of hydrogen-bond donors (Lipinski definition) is 1. The summed E-state index contributed by atoms with van der Waals surface area (Å²) in [7, 11) is 0. The average Bonchev–Trinajstić information content (AvgIpc) is 2.80. The second-order valence-electron chi connectivity index (χ2n) is 4.80. The molecule has 0 saturated heterocycles. The van der Waals surface area contributed by atoms with E-state index in [-0.39, 0.29) is 12.5 Å². The number of para-hydroxylation sites is 2. The van der Waals surface area contributed by atoms with Gasteiger partial charge in [0, 0.05) is 13.1 Å². The summed E-state index contributed by atoms with van der Waals surface area (Å²) < 4.78 is 6.45. The molecule has 1 heterocycles. The van der Waals surface area contributed by atoms with E-state index >= 15 is 0 Å². The van der Waals surface area contributed by atoms with Crippen molar-refractivity contribution in [3.8, 4) is 0 Å². The molecular formula is C15H21N3O3. The van der Waals surface area contributed by atoms with Gasteiger partial charge in [-0.15, -0.1) is 0 Å². The van der Waals surface area contributed by atoms with Crippen molar-refractivity contribution < 1.29 is 9.21 Å². The van der Waals surface area contributed by atoms with Crippen LogP contribution in [0.5, 0.6) is 0 Å². The molecule has 0 atom stereocenters. The number of amides is 1. The van der Waals surface area contributed by atoms with Gasteiger partial charge in [0.15, 0.2) is 5.58 Å². The summed E-state index contributed by atoms with van der Waals surface area (Å²) in [5.74, 6) is -0.689. The molecule has 6 heteroatoms. The van der Waals surface area contributed by atoms with E-state index in [0.29, 0.717) is 17.6 Å². The minimum absolute atomic E-state index is 0.0197. The van der Waals surface area contributed by atoms with Crippen LogP contribution in [0, 0.1) is 0 Å². The van der Waals surface area contributed by atoms with Crippen LogP contribution in [-0.4, -0.2) is 41.6 Å². The van der Waals surface area contributed by atoms with E-state index in [1.165, 1.54) is 4.57 Å². The third-order valence-electron chi connectivity index (χ3n) is 3.52. The third-order valence-corrected chi connectivity index (χ3v) is 3.52. The molecule has 0 spiro atoms. The summed E-state index contributed by atoms with van der Waals surface area (Å²) >= 11 is 0. The summed E-state index contributed by atoms with van der Waals surface area (Å²) in [4.78, 5) is 25.9. The molecule has 0 saturated carbocycles. The second-order valence-corrected chi connectivity index (χ2v) is 4.80. The van der Waals surface area contributed by atoms with E-state index in [1.54, 1.807) is 18.2 Å². The van der Waals surface area contributed by atoms with E-state index < -0.39 is 5.76 Å². The molecule has 1 aromatic heterocycles. The molecule has 114 valence electrons. The molecule has 0 unspecified atom stereocenters. The Morgan fingerprint density at radius 3 is 2.71 bits per heavy atom. The summed E-state index contributed by atoms with van der Waals surface area (Å²) in [6.07, 6.45) is 0. The highest BCUT2D eigenvalue weighted by Gasteiger charge is 2.12. The third kappa shape index (κ3) is 3.72. The topological polar surface area (TPSA) is 67.5 Å². The Balaban J connectivity index is 1.96. The standard InChI is InChI=1S/C15H21N3O3/c1-3-17(4-2)10-9-16-14(19)11-18-12-7-5-6-8-13(12)21-15(18)20/h5-8H,3-4,9-11H2,1-2H3,(H,16,19). The van der Waals surface area contributed by atoms with E-state index in [1.807, 2.05) is 6.07 Å². The van der Waals surface area contributed by atoms with Crippen LogP contribution >= 0.6 is 0 Å². The van der Waals surface area contributed by atoms with E-state index in [4.69, 9.17) is 4.42 Å². The van der Waals surface area contributed by atoms with Crippen molar-refractivity contribution in [2.75, 3.05) is 26.2 Å². The van der Waals surface area contributed by atoms with Gasteiger partial charge in [0.05, 0.1) is 5.52 Å². The predicted octanol–water partition coefficient (Wildman–Crippen LogP) is 1.05. The number of nitrogens with zero attached hydrogens (tertiary/aromatic N) is 2. The fourth-order valence-corrected chi connectivity index (χ4v) is 2.26. The van der Waals surface area contributed by atoms with Crippen LogP contribution in [0.15, 0.2) is 33.5 Å². The number of likely N-dealkylation sites (N-methyl/N-ethyl adjacent to an activating group) is 1. The van der Waals surface area contributed by atoms with Crippen LogP contribution in [-0.2, 0) is 11.3 Å². The first-order valence-corrected chi connectivity index (χ1v) is 7.23. The average molecular weight is 291 g/mol. The quantitative estimate of drug-likeness (QED) is 0.828. The smallest absolute Gasteiger partial charge is 0.408 e. The highest BCUT2D eigenvalue weighted by atomic mass is 16.4. The normalized spacial score (nSPS) is 11.2. The van der Waals surface area contributed by atoms with Crippen LogP contribution in [0.4, 0.5) is 0 Å². The van der Waals surface area contributed by atoms with E-state index in [0.717, 1.165) is 19.6 Å². The zero-order chi connectivity index (χ0) is 15.2. The molecule has 1 amide bonds. The van der Waals surface area contributed by atoms with Gasteiger partial charge in [0.1, 0.15) is 6.54 Å². The molecule has 1 aromatic carbocycles. The highest BCUT2D eigenvalue weighted by Crippen LogP contribution is 2.11. The Hall–Kier alpha value is -2.08. The summed E-state index contributed by atoms with van der Waals surface area (Å²) in [5, 5.41) is 2.83. The number of aromatic nitrogens is 1. The van der Waals surface area contributed by atoms with Crippen molar-refractivity contribution in [1.82, 2.24) is 14.8 Å². The Morgan fingerprint density at radius 1 is 1.29 bits per heavy atom. The van der Waals surface area contributed by atoms with Crippen LogP contribution in [0.3, 0.4) is 0 Å². The lowest BCUT2D eigenvalue weighted by Crippen LogP contribution is -2.37. The largest absolute Gasteiger partial charge is 0.420 e. The first-order chi connectivity index (χ1) is 10.2. The van der Waals surface area contributed by atoms with Gasteiger partial charge >= 0.3 is 5.76 Å². The molecule has 6 nitrogen and oxygen atoms in total. The molecular weight excluding hydrogens is 270 g/mol. The van der Waals surface area contributed by atoms with Gasteiger partial charge in [-0.3, -0.25) is 9.36 Å². The van der Waals surface area contributed by atoms with Gasteiger partial charge in [-0.2, -0.15) is 0 Å². The number of rotatable bonds is 7. The summed E-state index contributed by atoms with van der Waals surface area (Å²) in [5.41, 5.74) is 1.14. The number of carbonyl (C=O) groups is 1. The van der Waals surface area contributed by atoms with Gasteiger partial charge in [0.25, 0.3) is 0 Å². The van der Waals surface area contributed by atoms with Gasteiger partial charge < -0.3 is 14.6 Å². The summed E-state index contributed by atoms with van der Waals surface area (Å²) in [6, 6.07) is 7.08. The van der Waals surface area contributed by atoms with Gasteiger partial charge in [0.2, 0.25) is 5.91 Å². The van der Waals surface area contributed by atoms with Gasteiger partial charge in [-0.25, -0.2) is 4.79 Å².